The molecule has 2 rings (SSSR count). The molecule has 0 fully saturated rings. The zero-order chi connectivity index (χ0) is 13.3. The summed E-state index contributed by atoms with van der Waals surface area (Å²) in [5, 5.41) is 6.32. The Balaban J connectivity index is 2.36. The van der Waals surface area contributed by atoms with Crippen molar-refractivity contribution in [1.29, 1.82) is 0 Å². The van der Waals surface area contributed by atoms with E-state index in [4.69, 9.17) is 5.73 Å². The number of aryl methyl sites for hydroxylation is 1. The number of benzene rings is 1. The maximum Gasteiger partial charge on any atom is 0.263 e. The molecule has 0 unspecified atom stereocenters. The Morgan fingerprint density at radius 3 is 2.61 bits per heavy atom. The fraction of sp³-hybridized carbons (Fsp3) is 0.100. The summed E-state index contributed by atoms with van der Waals surface area (Å²) in [4.78, 5) is -0.249. The second-order valence-electron chi connectivity index (χ2n) is 3.76. The third kappa shape index (κ3) is 2.59. The van der Waals surface area contributed by atoms with Gasteiger partial charge in [-0.1, -0.05) is 0 Å². The second-order valence-corrected chi connectivity index (χ2v) is 5.44. The Morgan fingerprint density at radius 2 is 2.06 bits per heavy atom. The molecule has 0 saturated heterocycles. The van der Waals surface area contributed by atoms with Crippen molar-refractivity contribution in [3.8, 4) is 0 Å². The molecule has 0 aliphatic heterocycles. The lowest BCUT2D eigenvalue weighted by molar-refractivity contribution is 0.595. The van der Waals surface area contributed by atoms with E-state index < -0.39 is 15.8 Å². The molecule has 0 radical (unpaired) electrons. The standard InChI is InChI=1S/C10H11FN4O2S/c1-6-2-10(14-13-6)15-18(16,17)9-4-7(11)3-8(12)5-9/h2-5H,12H2,1H3,(H2,13,14,15). The highest BCUT2D eigenvalue weighted by Crippen LogP contribution is 2.18. The number of anilines is 2. The van der Waals surface area contributed by atoms with Crippen LogP contribution < -0.4 is 10.5 Å². The van der Waals surface area contributed by atoms with Crippen LogP contribution in [0.4, 0.5) is 15.9 Å². The summed E-state index contributed by atoms with van der Waals surface area (Å²) in [6, 6.07) is 4.61. The van der Waals surface area contributed by atoms with Crippen molar-refractivity contribution in [1.82, 2.24) is 10.2 Å². The zero-order valence-corrected chi connectivity index (χ0v) is 10.3. The first-order valence-corrected chi connectivity index (χ1v) is 6.46. The summed E-state index contributed by atoms with van der Waals surface area (Å²) in [5.74, 6) is -0.580. The summed E-state index contributed by atoms with van der Waals surface area (Å²) in [6.07, 6.45) is 0. The fourth-order valence-electron chi connectivity index (χ4n) is 1.41. The third-order valence-electron chi connectivity index (χ3n) is 2.15. The van der Waals surface area contributed by atoms with Crippen LogP contribution >= 0.6 is 0 Å². The number of hydrogen-bond acceptors (Lipinski definition) is 4. The maximum absolute atomic E-state index is 13.1. The molecule has 0 saturated carbocycles. The van der Waals surface area contributed by atoms with Gasteiger partial charge in [0, 0.05) is 17.4 Å². The van der Waals surface area contributed by atoms with Crippen molar-refractivity contribution in [2.45, 2.75) is 11.8 Å². The monoisotopic (exact) mass is 270 g/mol. The lowest BCUT2D eigenvalue weighted by atomic mass is 10.3. The molecule has 0 aliphatic rings. The van der Waals surface area contributed by atoms with Crippen molar-refractivity contribution in [3.63, 3.8) is 0 Å². The SMILES string of the molecule is Cc1cc(NS(=O)(=O)c2cc(N)cc(F)c2)n[nH]1. The van der Waals surface area contributed by atoms with Gasteiger partial charge in [-0.3, -0.25) is 9.82 Å². The number of aromatic nitrogens is 2. The van der Waals surface area contributed by atoms with Gasteiger partial charge in [-0.05, 0) is 25.1 Å². The predicted octanol–water partition coefficient (Wildman–Crippen LogP) is 1.24. The minimum atomic E-state index is -3.90. The van der Waals surface area contributed by atoms with Crippen LogP contribution in [-0.4, -0.2) is 18.6 Å². The number of nitrogens with zero attached hydrogens (tertiary/aromatic N) is 1. The molecule has 0 spiro atoms. The normalized spacial score (nSPS) is 11.4. The minimum absolute atomic E-state index is 0.0357. The van der Waals surface area contributed by atoms with Crippen LogP contribution in [0.3, 0.4) is 0 Å². The Labute approximate surface area is 103 Å². The van der Waals surface area contributed by atoms with Gasteiger partial charge < -0.3 is 5.73 Å². The van der Waals surface area contributed by atoms with Gasteiger partial charge >= 0.3 is 0 Å². The average Bonchev–Trinajstić information content (AvgIpc) is 2.61. The quantitative estimate of drug-likeness (QED) is 0.730. The number of H-pyrrole nitrogens is 1. The highest BCUT2D eigenvalue weighted by Gasteiger charge is 2.17. The van der Waals surface area contributed by atoms with Gasteiger partial charge in [0.25, 0.3) is 10.0 Å². The molecule has 96 valence electrons. The molecular formula is C10H11FN4O2S. The van der Waals surface area contributed by atoms with E-state index >= 15 is 0 Å². The first-order chi connectivity index (χ1) is 8.37. The number of halogens is 1. The molecule has 4 N–H and O–H groups in total. The molecule has 6 nitrogen and oxygen atoms in total. The number of nitrogens with one attached hydrogen (secondary N) is 2. The molecule has 18 heavy (non-hydrogen) atoms. The zero-order valence-electron chi connectivity index (χ0n) is 9.44. The molecule has 2 aromatic rings. The number of nitrogen functional groups attached to an aromatic ring is 1. The van der Waals surface area contributed by atoms with Gasteiger partial charge in [-0.15, -0.1) is 0 Å². The third-order valence-corrected chi connectivity index (χ3v) is 3.48. The van der Waals surface area contributed by atoms with Crippen LogP contribution in [0.25, 0.3) is 0 Å². The summed E-state index contributed by atoms with van der Waals surface area (Å²) < 4.78 is 39.2. The number of aromatic amines is 1. The van der Waals surface area contributed by atoms with Crippen LogP contribution in [0.5, 0.6) is 0 Å². The first kappa shape index (κ1) is 12.4. The maximum atomic E-state index is 13.1. The van der Waals surface area contributed by atoms with E-state index in [2.05, 4.69) is 14.9 Å². The van der Waals surface area contributed by atoms with Crippen molar-refractivity contribution in [2.75, 3.05) is 10.5 Å². The van der Waals surface area contributed by atoms with Crippen molar-refractivity contribution < 1.29 is 12.8 Å². The van der Waals surface area contributed by atoms with Gasteiger partial charge in [0.2, 0.25) is 0 Å². The molecule has 1 aromatic carbocycles. The topological polar surface area (TPSA) is 101 Å². The van der Waals surface area contributed by atoms with Crippen LogP contribution in [0, 0.1) is 12.7 Å². The van der Waals surface area contributed by atoms with Crippen LogP contribution in [0.2, 0.25) is 0 Å². The Morgan fingerprint density at radius 1 is 1.33 bits per heavy atom. The number of rotatable bonds is 3. The number of hydrogen-bond donors (Lipinski definition) is 3. The summed E-state index contributed by atoms with van der Waals surface area (Å²) in [5.41, 5.74) is 6.14. The number of sulfonamides is 1. The smallest absolute Gasteiger partial charge is 0.263 e. The van der Waals surface area contributed by atoms with E-state index in [0.717, 1.165) is 12.1 Å². The molecule has 0 amide bonds. The summed E-state index contributed by atoms with van der Waals surface area (Å²) in [6.45, 7) is 1.73. The van der Waals surface area contributed by atoms with E-state index in [-0.39, 0.29) is 16.4 Å². The summed E-state index contributed by atoms with van der Waals surface area (Å²) in [7, 11) is -3.90. The molecule has 0 aliphatic carbocycles. The van der Waals surface area contributed by atoms with E-state index in [1.54, 1.807) is 6.92 Å². The van der Waals surface area contributed by atoms with Crippen molar-refractivity contribution >= 4 is 21.5 Å². The minimum Gasteiger partial charge on any atom is -0.399 e. The van der Waals surface area contributed by atoms with Crippen molar-refractivity contribution in [2.24, 2.45) is 0 Å². The Bertz CT molecular complexity index is 661. The Kier molecular flexibility index (Phi) is 2.95. The largest absolute Gasteiger partial charge is 0.399 e. The first-order valence-electron chi connectivity index (χ1n) is 4.98. The lowest BCUT2D eigenvalue weighted by Gasteiger charge is -2.06. The lowest BCUT2D eigenvalue weighted by Crippen LogP contribution is -2.13. The summed E-state index contributed by atoms with van der Waals surface area (Å²) >= 11 is 0. The van der Waals surface area contributed by atoms with Gasteiger partial charge in [0.1, 0.15) is 5.82 Å². The van der Waals surface area contributed by atoms with Gasteiger partial charge in [0.15, 0.2) is 5.82 Å². The van der Waals surface area contributed by atoms with Gasteiger partial charge in [0.05, 0.1) is 4.90 Å². The highest BCUT2D eigenvalue weighted by molar-refractivity contribution is 7.92. The van der Waals surface area contributed by atoms with E-state index in [1.165, 1.54) is 12.1 Å². The van der Waals surface area contributed by atoms with E-state index in [9.17, 15) is 12.8 Å². The van der Waals surface area contributed by atoms with Gasteiger partial charge in [-0.25, -0.2) is 12.8 Å². The fourth-order valence-corrected chi connectivity index (χ4v) is 2.46. The van der Waals surface area contributed by atoms with E-state index in [0.29, 0.717) is 5.69 Å². The molecular weight excluding hydrogens is 259 g/mol. The molecule has 0 atom stereocenters. The average molecular weight is 270 g/mol. The predicted molar refractivity (Wildman–Crippen MR) is 64.9 cm³/mol. The molecule has 1 heterocycles. The Hall–Kier alpha value is -2.09. The molecule has 8 heteroatoms. The molecule has 0 bridgehead atoms. The molecule has 1 aromatic heterocycles. The van der Waals surface area contributed by atoms with Crippen molar-refractivity contribution in [3.05, 3.63) is 35.8 Å². The van der Waals surface area contributed by atoms with Crippen LogP contribution in [0.15, 0.2) is 29.2 Å². The van der Waals surface area contributed by atoms with E-state index in [1.807, 2.05) is 0 Å². The number of nitrogens with two attached hydrogens (primary N) is 1. The second kappa shape index (κ2) is 4.30. The van der Waals surface area contributed by atoms with Crippen LogP contribution in [0.1, 0.15) is 5.69 Å². The van der Waals surface area contributed by atoms with Gasteiger partial charge in [-0.2, -0.15) is 5.10 Å². The highest BCUT2D eigenvalue weighted by atomic mass is 32.2. The van der Waals surface area contributed by atoms with Crippen LogP contribution in [-0.2, 0) is 10.0 Å².